The molecule has 0 aromatic heterocycles. The quantitative estimate of drug-likeness (QED) is 0.320. The summed E-state index contributed by atoms with van der Waals surface area (Å²) in [5.41, 5.74) is -0.173. The van der Waals surface area contributed by atoms with Crippen LogP contribution in [0.5, 0.6) is 0 Å². The molecule has 0 bridgehead atoms. The number of amides is 1. The van der Waals surface area contributed by atoms with Gasteiger partial charge in [0, 0.05) is 17.2 Å². The predicted molar refractivity (Wildman–Crippen MR) is 97.5 cm³/mol. The van der Waals surface area contributed by atoms with Crippen molar-refractivity contribution in [3.63, 3.8) is 0 Å². The van der Waals surface area contributed by atoms with Crippen LogP contribution in [0.15, 0.2) is 12.1 Å². The molecule has 1 rings (SSSR count). The van der Waals surface area contributed by atoms with E-state index >= 15 is 0 Å². The van der Waals surface area contributed by atoms with E-state index in [1.807, 2.05) is 0 Å². The molecule has 0 aliphatic rings. The van der Waals surface area contributed by atoms with Crippen molar-refractivity contribution < 1.29 is 24.0 Å². The highest BCUT2D eigenvalue weighted by Crippen LogP contribution is 2.34. The van der Waals surface area contributed by atoms with E-state index < -0.39 is 28.3 Å². The van der Waals surface area contributed by atoms with Crippen LogP contribution in [0.1, 0.15) is 52.7 Å². The van der Waals surface area contributed by atoms with Gasteiger partial charge in [-0.3, -0.25) is 15.0 Å². The van der Waals surface area contributed by atoms with Gasteiger partial charge in [0.1, 0.15) is 5.60 Å². The van der Waals surface area contributed by atoms with Crippen molar-refractivity contribution in [2.24, 2.45) is 0 Å². The summed E-state index contributed by atoms with van der Waals surface area (Å²) in [5, 5.41) is 11.1. The highest BCUT2D eigenvalue weighted by molar-refractivity contribution is 5.95. The Hall–Kier alpha value is -2.64. The molecule has 1 aromatic carbocycles. The number of anilines is 1. The minimum absolute atomic E-state index is 0.0411. The van der Waals surface area contributed by atoms with Crippen molar-refractivity contribution in [2.75, 3.05) is 4.90 Å². The van der Waals surface area contributed by atoms with Crippen molar-refractivity contribution in [3.8, 4) is 0 Å². The molecule has 8 nitrogen and oxygen atoms in total. The monoisotopic (exact) mass is 366 g/mol. The number of ether oxygens (including phenoxy) is 2. The van der Waals surface area contributed by atoms with E-state index in [1.54, 1.807) is 55.4 Å². The third kappa shape index (κ3) is 5.18. The minimum atomic E-state index is -1.10. The van der Waals surface area contributed by atoms with Gasteiger partial charge in [-0.05, 0) is 67.0 Å². The molecule has 1 aromatic rings. The highest BCUT2D eigenvalue weighted by Gasteiger charge is 2.34. The molecule has 0 atom stereocenters. The number of nitrogens with zero attached hydrogens (tertiary/aromatic N) is 2. The van der Waals surface area contributed by atoms with Gasteiger partial charge < -0.3 is 9.47 Å². The zero-order valence-electron chi connectivity index (χ0n) is 16.5. The Morgan fingerprint density at radius 2 is 1.58 bits per heavy atom. The number of nitro benzene ring substituents is 1. The smallest absolute Gasteiger partial charge is 0.428 e. The summed E-state index contributed by atoms with van der Waals surface area (Å²) in [6, 6.07) is 2.80. The molecule has 1 amide bonds. The molecule has 0 N–H and O–H groups in total. The molecule has 0 aliphatic carbocycles. The average Bonchev–Trinajstić information content (AvgIpc) is 2.39. The fourth-order valence-corrected chi connectivity index (χ4v) is 2.35. The summed E-state index contributed by atoms with van der Waals surface area (Å²) in [6.45, 7) is 13.5. The van der Waals surface area contributed by atoms with Gasteiger partial charge in [-0.15, -0.1) is 0 Å². The van der Waals surface area contributed by atoms with Crippen LogP contribution < -0.4 is 4.90 Å². The lowest BCUT2D eigenvalue weighted by Crippen LogP contribution is -2.47. The lowest BCUT2D eigenvalue weighted by atomic mass is 10.0. The van der Waals surface area contributed by atoms with Gasteiger partial charge in [0.05, 0.1) is 10.6 Å². The van der Waals surface area contributed by atoms with E-state index in [1.165, 1.54) is 17.0 Å². The fourth-order valence-electron chi connectivity index (χ4n) is 2.35. The van der Waals surface area contributed by atoms with E-state index in [-0.39, 0.29) is 5.69 Å². The summed E-state index contributed by atoms with van der Waals surface area (Å²) in [4.78, 5) is 36.4. The molecule has 26 heavy (non-hydrogen) atoms. The molecule has 0 heterocycles. The molecule has 144 valence electrons. The van der Waals surface area contributed by atoms with Crippen molar-refractivity contribution in [3.05, 3.63) is 33.4 Å². The van der Waals surface area contributed by atoms with Crippen LogP contribution in [0.2, 0.25) is 0 Å². The second kappa shape index (κ2) is 7.31. The Morgan fingerprint density at radius 3 is 2.00 bits per heavy atom. The maximum absolute atomic E-state index is 12.6. The summed E-state index contributed by atoms with van der Waals surface area (Å²) >= 11 is 0. The third-order valence-corrected chi connectivity index (χ3v) is 3.58. The summed E-state index contributed by atoms with van der Waals surface area (Å²) in [5.74, 6) is 0. The maximum atomic E-state index is 12.6. The number of hydrogen-bond donors (Lipinski definition) is 0. The van der Waals surface area contributed by atoms with Crippen molar-refractivity contribution in [1.82, 2.24) is 0 Å². The largest absolute Gasteiger partial charge is 0.517 e. The molecular weight excluding hydrogens is 340 g/mol. The molecule has 0 unspecified atom stereocenters. The van der Waals surface area contributed by atoms with Crippen molar-refractivity contribution in [1.29, 1.82) is 0 Å². The zero-order chi connectivity index (χ0) is 20.4. The zero-order valence-corrected chi connectivity index (χ0v) is 16.5. The lowest BCUT2D eigenvalue weighted by molar-refractivity contribution is -0.385. The normalized spacial score (nSPS) is 11.7. The van der Waals surface area contributed by atoms with Crippen LogP contribution in [0, 0.1) is 24.0 Å². The third-order valence-electron chi connectivity index (χ3n) is 3.58. The van der Waals surface area contributed by atoms with Gasteiger partial charge in [-0.25, -0.2) is 9.59 Å². The molecule has 0 aliphatic heterocycles. The van der Waals surface area contributed by atoms with Gasteiger partial charge in [-0.1, -0.05) is 0 Å². The Kier molecular flexibility index (Phi) is 6.02. The Bertz CT molecular complexity index is 728. The molecular formula is C18H26N2O6. The Morgan fingerprint density at radius 1 is 1.04 bits per heavy atom. The first-order chi connectivity index (χ1) is 11.6. The molecule has 8 heteroatoms. The van der Waals surface area contributed by atoms with Crippen LogP contribution in [0.25, 0.3) is 0 Å². The summed E-state index contributed by atoms with van der Waals surface area (Å²) in [7, 11) is 0. The number of rotatable bonds is 2. The molecule has 0 saturated heterocycles. The van der Waals surface area contributed by atoms with Gasteiger partial charge in [0.25, 0.3) is 5.69 Å². The first-order valence-electron chi connectivity index (χ1n) is 8.15. The van der Waals surface area contributed by atoms with Crippen LogP contribution in [-0.2, 0) is 9.47 Å². The lowest BCUT2D eigenvalue weighted by Gasteiger charge is -2.35. The molecule has 0 radical (unpaired) electrons. The Balaban J connectivity index is 3.29. The van der Waals surface area contributed by atoms with Crippen LogP contribution >= 0.6 is 0 Å². The van der Waals surface area contributed by atoms with E-state index in [2.05, 4.69) is 0 Å². The van der Waals surface area contributed by atoms with Gasteiger partial charge in [-0.2, -0.15) is 0 Å². The van der Waals surface area contributed by atoms with Gasteiger partial charge in [0.2, 0.25) is 0 Å². The topological polar surface area (TPSA) is 99.0 Å². The number of nitro groups is 1. The fraction of sp³-hybridized carbons (Fsp3) is 0.556. The molecule has 0 saturated carbocycles. The molecule has 0 spiro atoms. The predicted octanol–water partition coefficient (Wildman–Crippen LogP) is 4.89. The second-order valence-electron chi connectivity index (χ2n) is 7.95. The van der Waals surface area contributed by atoms with Crippen LogP contribution in [0.4, 0.5) is 21.0 Å². The standard InChI is InChI=1S/C18H26N2O6/c1-11-12(2)14(20(23)24)10-9-13(11)19(17(3,4)5)15(21)25-16(22)26-18(6,7)8/h9-10H,1-8H3. The summed E-state index contributed by atoms with van der Waals surface area (Å²) < 4.78 is 9.85. The first-order valence-corrected chi connectivity index (χ1v) is 8.15. The van der Waals surface area contributed by atoms with Crippen LogP contribution in [0.3, 0.4) is 0 Å². The highest BCUT2D eigenvalue weighted by atomic mass is 16.8. The number of hydrogen-bond acceptors (Lipinski definition) is 6. The van der Waals surface area contributed by atoms with E-state index in [0.717, 1.165) is 0 Å². The summed E-state index contributed by atoms with van der Waals surface area (Å²) in [6.07, 6.45) is -2.02. The number of carbonyl (C=O) groups is 2. The first kappa shape index (κ1) is 21.4. The van der Waals surface area contributed by atoms with Crippen LogP contribution in [-0.4, -0.2) is 28.3 Å². The van der Waals surface area contributed by atoms with Gasteiger partial charge in [0.15, 0.2) is 0 Å². The Labute approximate surface area is 153 Å². The molecule has 0 fully saturated rings. The average molecular weight is 366 g/mol. The maximum Gasteiger partial charge on any atom is 0.517 e. The minimum Gasteiger partial charge on any atom is -0.428 e. The van der Waals surface area contributed by atoms with E-state index in [9.17, 15) is 19.7 Å². The number of benzene rings is 1. The second-order valence-corrected chi connectivity index (χ2v) is 7.95. The van der Waals surface area contributed by atoms with Crippen molar-refractivity contribution in [2.45, 2.75) is 66.5 Å². The van der Waals surface area contributed by atoms with E-state index in [0.29, 0.717) is 16.8 Å². The SMILES string of the molecule is Cc1c(N(C(=O)OC(=O)OC(C)(C)C)C(C)(C)C)ccc([N+](=O)[O-])c1C. The van der Waals surface area contributed by atoms with Gasteiger partial charge >= 0.3 is 12.2 Å². The number of carbonyl (C=O) groups excluding carboxylic acids is 2. The van der Waals surface area contributed by atoms with E-state index in [4.69, 9.17) is 9.47 Å². The van der Waals surface area contributed by atoms with Crippen molar-refractivity contribution >= 4 is 23.6 Å².